The van der Waals surface area contributed by atoms with Crippen molar-refractivity contribution < 1.29 is 26.1 Å². The van der Waals surface area contributed by atoms with E-state index < -0.39 is 28.0 Å². The second kappa shape index (κ2) is 7.99. The average Bonchev–Trinajstić information content (AvgIpc) is 2.26. The highest BCUT2D eigenvalue weighted by Crippen LogP contribution is 2.30. The van der Waals surface area contributed by atoms with Crippen LogP contribution in [0.5, 0.6) is 0 Å². The second-order valence-corrected chi connectivity index (χ2v) is 5.91. The van der Waals surface area contributed by atoms with E-state index in [9.17, 15) is 21.6 Å². The molecule has 0 spiro atoms. The Morgan fingerprint density at radius 1 is 1.06 bits per heavy atom. The van der Waals surface area contributed by atoms with Crippen molar-refractivity contribution in [2.75, 3.05) is 0 Å². The van der Waals surface area contributed by atoms with Crippen molar-refractivity contribution in [3.05, 3.63) is 0 Å². The van der Waals surface area contributed by atoms with Gasteiger partial charge in [0.15, 0.2) is 6.17 Å². The van der Waals surface area contributed by atoms with Gasteiger partial charge in [-0.1, -0.05) is 51.9 Å². The molecule has 0 amide bonds. The molecular formula is C11H21F3O3S. The van der Waals surface area contributed by atoms with Crippen LogP contribution in [0.25, 0.3) is 0 Å². The molecule has 0 aliphatic rings. The zero-order chi connectivity index (χ0) is 14.2. The Balaban J connectivity index is 3.81. The van der Waals surface area contributed by atoms with Gasteiger partial charge < -0.3 is 0 Å². The largest absolute Gasteiger partial charge is 0.400 e. The van der Waals surface area contributed by atoms with Crippen molar-refractivity contribution in [3.63, 3.8) is 0 Å². The molecule has 18 heavy (non-hydrogen) atoms. The molecule has 3 nitrogen and oxygen atoms in total. The van der Waals surface area contributed by atoms with E-state index in [1.54, 1.807) is 0 Å². The van der Waals surface area contributed by atoms with Gasteiger partial charge in [-0.2, -0.15) is 17.2 Å². The highest BCUT2D eigenvalue weighted by molar-refractivity contribution is 7.86. The summed E-state index contributed by atoms with van der Waals surface area (Å²) in [5.41, 5.74) is 0. The maximum absolute atomic E-state index is 13.0. The Kier molecular flexibility index (Phi) is 7.86. The number of halogens is 3. The lowest BCUT2D eigenvalue weighted by molar-refractivity contribution is -0.00709. The fourth-order valence-electron chi connectivity index (χ4n) is 1.61. The van der Waals surface area contributed by atoms with Crippen LogP contribution >= 0.6 is 0 Å². The summed E-state index contributed by atoms with van der Waals surface area (Å²) in [7, 11) is -5.66. The molecule has 7 heteroatoms. The minimum Gasteiger partial charge on any atom is -0.281 e. The van der Waals surface area contributed by atoms with Gasteiger partial charge in [-0.3, -0.25) is 4.55 Å². The van der Waals surface area contributed by atoms with Crippen LogP contribution in [-0.4, -0.2) is 24.4 Å². The first kappa shape index (κ1) is 17.7. The minimum absolute atomic E-state index is 0.193. The van der Waals surface area contributed by atoms with Crippen molar-refractivity contribution in [1.82, 2.24) is 0 Å². The first-order chi connectivity index (χ1) is 8.23. The van der Waals surface area contributed by atoms with E-state index in [-0.39, 0.29) is 6.42 Å². The van der Waals surface area contributed by atoms with Gasteiger partial charge in [-0.15, -0.1) is 0 Å². The third kappa shape index (κ3) is 6.04. The number of alkyl halides is 3. The van der Waals surface area contributed by atoms with Gasteiger partial charge in [0.2, 0.25) is 0 Å². The van der Waals surface area contributed by atoms with Crippen molar-refractivity contribution >= 4 is 10.1 Å². The topological polar surface area (TPSA) is 54.4 Å². The summed E-state index contributed by atoms with van der Waals surface area (Å²) in [6.07, 6.45) is 2.47. The molecule has 0 fully saturated rings. The number of hydrogen-bond donors (Lipinski definition) is 1. The Hall–Kier alpha value is -0.300. The van der Waals surface area contributed by atoms with Crippen molar-refractivity contribution in [2.24, 2.45) is 0 Å². The lowest BCUT2D eigenvalue weighted by atomic mass is 10.1. The van der Waals surface area contributed by atoms with E-state index in [1.807, 2.05) is 0 Å². The fourth-order valence-corrected chi connectivity index (χ4v) is 2.05. The maximum atomic E-state index is 13.0. The molecule has 0 aromatic heterocycles. The maximum Gasteiger partial charge on any atom is 0.400 e. The smallest absolute Gasteiger partial charge is 0.281 e. The summed E-state index contributed by atoms with van der Waals surface area (Å²) < 4.78 is 67.3. The molecule has 0 saturated carbocycles. The van der Waals surface area contributed by atoms with Gasteiger partial charge in [0.1, 0.15) is 0 Å². The van der Waals surface area contributed by atoms with Crippen LogP contribution in [-0.2, 0) is 10.1 Å². The predicted molar refractivity (Wildman–Crippen MR) is 64.0 cm³/mol. The molecule has 0 radical (unpaired) electrons. The molecule has 0 saturated heterocycles. The van der Waals surface area contributed by atoms with Gasteiger partial charge in [0.25, 0.3) is 0 Å². The van der Waals surface area contributed by atoms with Crippen LogP contribution in [0.1, 0.15) is 58.3 Å². The summed E-state index contributed by atoms with van der Waals surface area (Å²) in [6.45, 7) is 2.07. The van der Waals surface area contributed by atoms with E-state index in [0.717, 1.165) is 32.1 Å². The Morgan fingerprint density at radius 3 is 1.94 bits per heavy atom. The quantitative estimate of drug-likeness (QED) is 0.489. The highest BCUT2D eigenvalue weighted by atomic mass is 32.2. The molecule has 110 valence electrons. The summed E-state index contributed by atoms with van der Waals surface area (Å²) in [5, 5.41) is -4.70. The van der Waals surface area contributed by atoms with E-state index in [4.69, 9.17) is 4.55 Å². The second-order valence-electron chi connectivity index (χ2n) is 4.41. The van der Waals surface area contributed by atoms with Gasteiger partial charge >= 0.3 is 15.4 Å². The predicted octanol–water partition coefficient (Wildman–Crippen LogP) is 3.95. The third-order valence-electron chi connectivity index (χ3n) is 2.77. The summed E-state index contributed by atoms with van der Waals surface area (Å²) in [4.78, 5) is 0. The molecule has 1 unspecified atom stereocenters. The number of unbranched alkanes of at least 4 members (excludes halogenated alkanes) is 6. The van der Waals surface area contributed by atoms with Crippen LogP contribution < -0.4 is 0 Å². The standard InChI is InChI=1S/C11H21F3O3S/c1-2-3-4-5-6-7-8-9-10(12)11(13,14)18(15,16)17/h10H,2-9H2,1H3,(H,15,16,17). The minimum atomic E-state index is -5.66. The molecule has 0 aromatic carbocycles. The molecule has 0 bridgehead atoms. The normalized spacial score (nSPS) is 14.7. The summed E-state index contributed by atoms with van der Waals surface area (Å²) in [6, 6.07) is 0. The van der Waals surface area contributed by atoms with Crippen molar-refractivity contribution in [3.8, 4) is 0 Å². The van der Waals surface area contributed by atoms with Crippen LogP contribution in [0.2, 0.25) is 0 Å². The van der Waals surface area contributed by atoms with E-state index >= 15 is 0 Å². The van der Waals surface area contributed by atoms with Crippen LogP contribution in [0, 0.1) is 0 Å². The zero-order valence-corrected chi connectivity index (χ0v) is 11.4. The van der Waals surface area contributed by atoms with E-state index in [1.165, 1.54) is 0 Å². The van der Waals surface area contributed by atoms with Gasteiger partial charge in [-0.05, 0) is 6.42 Å². The SMILES string of the molecule is CCCCCCCCCC(F)C(F)(F)S(=O)(=O)O. The van der Waals surface area contributed by atoms with Crippen molar-refractivity contribution in [1.29, 1.82) is 0 Å². The summed E-state index contributed by atoms with van der Waals surface area (Å²) >= 11 is 0. The summed E-state index contributed by atoms with van der Waals surface area (Å²) in [5.74, 6) is 0. The molecule has 0 aliphatic heterocycles. The van der Waals surface area contributed by atoms with Crippen LogP contribution in [0.3, 0.4) is 0 Å². The third-order valence-corrected chi connectivity index (χ3v) is 3.71. The molecule has 0 rings (SSSR count). The lowest BCUT2D eigenvalue weighted by Crippen LogP contribution is -2.38. The monoisotopic (exact) mass is 290 g/mol. The Labute approximate surface area is 107 Å². The Bertz CT molecular complexity index is 317. The molecule has 1 N–H and O–H groups in total. The van der Waals surface area contributed by atoms with Gasteiger partial charge in [0.05, 0.1) is 0 Å². The van der Waals surface area contributed by atoms with E-state index in [2.05, 4.69) is 6.92 Å². The van der Waals surface area contributed by atoms with Crippen LogP contribution in [0.4, 0.5) is 13.2 Å². The molecule has 1 atom stereocenters. The molecule has 0 heterocycles. The number of hydrogen-bond acceptors (Lipinski definition) is 2. The molecular weight excluding hydrogens is 269 g/mol. The first-order valence-electron chi connectivity index (χ1n) is 6.22. The highest BCUT2D eigenvalue weighted by Gasteiger charge is 2.52. The number of rotatable bonds is 10. The Morgan fingerprint density at radius 2 is 1.50 bits per heavy atom. The zero-order valence-electron chi connectivity index (χ0n) is 10.5. The fraction of sp³-hybridized carbons (Fsp3) is 1.00. The molecule has 0 aromatic rings. The van der Waals surface area contributed by atoms with E-state index in [0.29, 0.717) is 6.42 Å². The van der Waals surface area contributed by atoms with Crippen LogP contribution in [0.15, 0.2) is 0 Å². The first-order valence-corrected chi connectivity index (χ1v) is 7.66. The van der Waals surface area contributed by atoms with Gasteiger partial charge in [-0.25, -0.2) is 4.39 Å². The molecule has 0 aliphatic carbocycles. The van der Waals surface area contributed by atoms with Crippen molar-refractivity contribution in [2.45, 2.75) is 69.7 Å². The lowest BCUT2D eigenvalue weighted by Gasteiger charge is -2.17. The van der Waals surface area contributed by atoms with Gasteiger partial charge in [0, 0.05) is 0 Å². The average molecular weight is 290 g/mol.